The number of nitrogens with zero attached hydrogens (tertiary/aromatic N) is 1. The van der Waals surface area contributed by atoms with Crippen molar-refractivity contribution in [3.63, 3.8) is 0 Å². The number of hydrogen-bond donors (Lipinski definition) is 4. The van der Waals surface area contributed by atoms with Gasteiger partial charge in [-0.2, -0.15) is 0 Å². The van der Waals surface area contributed by atoms with Crippen molar-refractivity contribution in [1.82, 2.24) is 15.6 Å². The fraction of sp³-hybridized carbons (Fsp3) is 0.409. The second-order valence-corrected chi connectivity index (χ2v) is 7.44. The lowest BCUT2D eigenvalue weighted by Gasteiger charge is -2.36. The van der Waals surface area contributed by atoms with Gasteiger partial charge >= 0.3 is 6.03 Å². The Kier molecular flexibility index (Phi) is 8.31. The van der Waals surface area contributed by atoms with Crippen LogP contribution >= 0.6 is 0 Å². The van der Waals surface area contributed by atoms with Crippen molar-refractivity contribution < 1.29 is 23.8 Å². The third-order valence-corrected chi connectivity index (χ3v) is 5.10. The second kappa shape index (κ2) is 11.4. The van der Waals surface area contributed by atoms with Gasteiger partial charge in [0, 0.05) is 24.6 Å². The number of amides is 3. The van der Waals surface area contributed by atoms with E-state index in [1.54, 1.807) is 30.6 Å². The Bertz CT molecular complexity index is 868. The summed E-state index contributed by atoms with van der Waals surface area (Å²) in [5, 5.41) is 17.9. The van der Waals surface area contributed by atoms with Crippen LogP contribution < -0.4 is 16.0 Å². The van der Waals surface area contributed by atoms with Crippen LogP contribution in [0, 0.1) is 5.82 Å². The molecule has 2 aromatic rings. The number of hydrogen-bond acceptors (Lipinski definition) is 5. The number of carbonyl (C=O) groups excluding carboxylic acids is 2. The number of anilines is 1. The second-order valence-electron chi connectivity index (χ2n) is 7.44. The van der Waals surface area contributed by atoms with Crippen LogP contribution in [-0.2, 0) is 16.0 Å². The lowest BCUT2D eigenvalue weighted by molar-refractivity contribution is -0.121. The number of aliphatic hydroxyl groups excluding tert-OH is 1. The van der Waals surface area contributed by atoms with Crippen molar-refractivity contribution in [3.05, 3.63) is 60.2 Å². The van der Waals surface area contributed by atoms with E-state index in [2.05, 4.69) is 20.9 Å². The van der Waals surface area contributed by atoms with E-state index in [1.165, 1.54) is 18.2 Å². The van der Waals surface area contributed by atoms with Gasteiger partial charge in [-0.05, 0) is 55.2 Å². The van der Waals surface area contributed by atoms with Gasteiger partial charge in [-0.1, -0.05) is 6.07 Å². The molecule has 1 aliphatic heterocycles. The highest BCUT2D eigenvalue weighted by molar-refractivity contribution is 5.89. The molecule has 1 aromatic carbocycles. The third kappa shape index (κ3) is 7.30. The Hall–Kier alpha value is -3.04. The molecule has 3 amide bonds. The summed E-state index contributed by atoms with van der Waals surface area (Å²) in [7, 11) is 0. The maximum absolute atomic E-state index is 13.2. The summed E-state index contributed by atoms with van der Waals surface area (Å²) in [4.78, 5) is 28.2. The van der Waals surface area contributed by atoms with Gasteiger partial charge in [-0.3, -0.25) is 9.78 Å². The highest BCUT2D eigenvalue weighted by Gasteiger charge is 2.31. The Morgan fingerprint density at radius 2 is 2.00 bits per heavy atom. The zero-order chi connectivity index (χ0) is 22.1. The van der Waals surface area contributed by atoms with Crippen LogP contribution in [0.1, 0.15) is 24.8 Å². The zero-order valence-electron chi connectivity index (χ0n) is 17.1. The third-order valence-electron chi connectivity index (χ3n) is 5.10. The number of carbonyl (C=O) groups is 2. The van der Waals surface area contributed by atoms with Crippen molar-refractivity contribution >= 4 is 17.6 Å². The first-order valence-electron chi connectivity index (χ1n) is 10.3. The molecule has 0 bridgehead atoms. The first-order valence-corrected chi connectivity index (χ1v) is 10.3. The number of aromatic nitrogens is 1. The SMILES string of the molecule is O=C(Cc1ccncc1)NCC[C@H]1CC[C@@H](NC(=O)Nc2cccc(F)c2)[C@H](CO)O1. The summed E-state index contributed by atoms with van der Waals surface area (Å²) in [6.07, 6.45) is 4.83. The van der Waals surface area contributed by atoms with Crippen LogP contribution in [-0.4, -0.2) is 53.4 Å². The number of nitrogens with one attached hydrogen (secondary N) is 3. The maximum atomic E-state index is 13.2. The van der Waals surface area contributed by atoms with Gasteiger partial charge in [-0.25, -0.2) is 9.18 Å². The molecule has 1 fully saturated rings. The van der Waals surface area contributed by atoms with Gasteiger partial charge in [0.2, 0.25) is 5.91 Å². The minimum absolute atomic E-state index is 0.0747. The molecule has 2 heterocycles. The summed E-state index contributed by atoms with van der Waals surface area (Å²) in [5.41, 5.74) is 1.24. The minimum Gasteiger partial charge on any atom is -0.394 e. The van der Waals surface area contributed by atoms with Crippen LogP contribution in [0.25, 0.3) is 0 Å². The average Bonchev–Trinajstić information content (AvgIpc) is 2.75. The predicted molar refractivity (Wildman–Crippen MR) is 113 cm³/mol. The summed E-state index contributed by atoms with van der Waals surface area (Å²) in [6, 6.07) is 8.35. The smallest absolute Gasteiger partial charge is 0.319 e. The molecule has 0 spiro atoms. The van der Waals surface area contributed by atoms with E-state index >= 15 is 0 Å². The molecule has 0 radical (unpaired) electrons. The fourth-order valence-electron chi connectivity index (χ4n) is 3.53. The summed E-state index contributed by atoms with van der Waals surface area (Å²) in [5.74, 6) is -0.517. The first kappa shape index (κ1) is 22.6. The van der Waals surface area contributed by atoms with Crippen LogP contribution in [0.3, 0.4) is 0 Å². The molecule has 166 valence electrons. The number of rotatable bonds is 8. The van der Waals surface area contributed by atoms with E-state index < -0.39 is 18.0 Å². The van der Waals surface area contributed by atoms with Crippen LogP contribution in [0.2, 0.25) is 0 Å². The number of aliphatic hydroxyl groups is 1. The van der Waals surface area contributed by atoms with E-state index in [0.29, 0.717) is 37.9 Å². The molecule has 3 rings (SSSR count). The molecule has 0 saturated carbocycles. The molecule has 1 aliphatic rings. The molecule has 9 heteroatoms. The topological polar surface area (TPSA) is 113 Å². The quantitative estimate of drug-likeness (QED) is 0.512. The van der Waals surface area contributed by atoms with Gasteiger partial charge < -0.3 is 25.8 Å². The highest BCUT2D eigenvalue weighted by Crippen LogP contribution is 2.22. The van der Waals surface area contributed by atoms with Gasteiger partial charge in [0.1, 0.15) is 11.9 Å². The number of benzene rings is 1. The molecule has 4 N–H and O–H groups in total. The molecule has 0 aliphatic carbocycles. The van der Waals surface area contributed by atoms with Gasteiger partial charge in [0.05, 0.1) is 25.2 Å². The zero-order valence-corrected chi connectivity index (χ0v) is 17.1. The van der Waals surface area contributed by atoms with Gasteiger partial charge in [-0.15, -0.1) is 0 Å². The van der Waals surface area contributed by atoms with E-state index in [9.17, 15) is 19.1 Å². The van der Waals surface area contributed by atoms with Crippen molar-refractivity contribution in [1.29, 1.82) is 0 Å². The summed E-state index contributed by atoms with van der Waals surface area (Å²) in [6.45, 7) is 0.223. The number of halogens is 1. The standard InChI is InChI=1S/C22H27FN4O4/c23-16-2-1-3-17(13-16)26-22(30)27-19-5-4-18(31-20(19)14-28)8-11-25-21(29)12-15-6-9-24-10-7-15/h1-3,6-7,9-10,13,18-20,28H,4-5,8,11-12,14H2,(H,25,29)(H2,26,27,30)/t18-,19-,20+/m1/s1. The molecule has 3 atom stereocenters. The normalized spacial score (nSPS) is 20.6. The minimum atomic E-state index is -0.551. The van der Waals surface area contributed by atoms with Crippen molar-refractivity contribution in [3.8, 4) is 0 Å². The van der Waals surface area contributed by atoms with E-state index in [-0.39, 0.29) is 24.7 Å². The van der Waals surface area contributed by atoms with E-state index in [4.69, 9.17) is 4.74 Å². The molecule has 1 aromatic heterocycles. The lowest BCUT2D eigenvalue weighted by atomic mass is 9.97. The van der Waals surface area contributed by atoms with Crippen LogP contribution in [0.4, 0.5) is 14.9 Å². The molecular weight excluding hydrogens is 403 g/mol. The number of pyridine rings is 1. The molecule has 0 unspecified atom stereocenters. The average molecular weight is 430 g/mol. The van der Waals surface area contributed by atoms with Crippen molar-refractivity contribution in [2.24, 2.45) is 0 Å². The summed E-state index contributed by atoms with van der Waals surface area (Å²) < 4.78 is 19.1. The Morgan fingerprint density at radius 1 is 1.19 bits per heavy atom. The summed E-state index contributed by atoms with van der Waals surface area (Å²) >= 11 is 0. The Morgan fingerprint density at radius 3 is 2.74 bits per heavy atom. The molecule has 1 saturated heterocycles. The van der Waals surface area contributed by atoms with E-state index in [0.717, 1.165) is 5.56 Å². The van der Waals surface area contributed by atoms with Gasteiger partial charge in [0.25, 0.3) is 0 Å². The van der Waals surface area contributed by atoms with Crippen LogP contribution in [0.5, 0.6) is 0 Å². The molecular formula is C22H27FN4O4. The van der Waals surface area contributed by atoms with E-state index in [1.807, 2.05) is 0 Å². The van der Waals surface area contributed by atoms with Crippen molar-refractivity contribution in [2.75, 3.05) is 18.5 Å². The van der Waals surface area contributed by atoms with Gasteiger partial charge in [0.15, 0.2) is 0 Å². The van der Waals surface area contributed by atoms with Crippen LogP contribution in [0.15, 0.2) is 48.8 Å². The lowest BCUT2D eigenvalue weighted by Crippen LogP contribution is -2.52. The van der Waals surface area contributed by atoms with Crippen molar-refractivity contribution in [2.45, 2.75) is 43.9 Å². The Labute approximate surface area is 180 Å². The number of ether oxygens (including phenoxy) is 1. The monoisotopic (exact) mass is 430 g/mol. The highest BCUT2D eigenvalue weighted by atomic mass is 19.1. The molecule has 8 nitrogen and oxygen atoms in total. The fourth-order valence-corrected chi connectivity index (χ4v) is 3.53. The number of urea groups is 1. The maximum Gasteiger partial charge on any atom is 0.319 e. The Balaban J connectivity index is 1.39. The largest absolute Gasteiger partial charge is 0.394 e. The predicted octanol–water partition coefficient (Wildman–Crippen LogP) is 2.00. The first-order chi connectivity index (χ1) is 15.0. The molecule has 31 heavy (non-hydrogen) atoms.